The molecule has 4 aromatic rings. The van der Waals surface area contributed by atoms with Crippen LogP contribution < -0.4 is 0 Å². The quantitative estimate of drug-likeness (QED) is 0.419. The molecule has 132 valence electrons. The van der Waals surface area contributed by atoms with Crippen LogP contribution in [0.3, 0.4) is 0 Å². The Balaban J connectivity index is 1.91. The first-order valence-corrected chi connectivity index (χ1v) is 9.83. The fourth-order valence-electron chi connectivity index (χ4n) is 2.98. The number of rotatable bonds is 2. The lowest BCUT2D eigenvalue weighted by Gasteiger charge is -2.19. The number of aromatic nitrogens is 3. The van der Waals surface area contributed by atoms with Gasteiger partial charge in [0.05, 0.1) is 0 Å². The summed E-state index contributed by atoms with van der Waals surface area (Å²) < 4.78 is 2.58. The van der Waals surface area contributed by atoms with Crippen molar-refractivity contribution in [1.82, 2.24) is 15.0 Å². The van der Waals surface area contributed by atoms with Crippen LogP contribution in [0, 0.1) is 0 Å². The Kier molecular flexibility index (Phi) is 4.03. The summed E-state index contributed by atoms with van der Waals surface area (Å²) in [7, 11) is 0. The Labute approximate surface area is 158 Å². The van der Waals surface area contributed by atoms with Gasteiger partial charge in [-0.15, -0.1) is 11.3 Å². The van der Waals surface area contributed by atoms with Crippen LogP contribution in [0.5, 0.6) is 0 Å². The van der Waals surface area contributed by atoms with Crippen LogP contribution in [-0.4, -0.2) is 15.0 Å². The van der Waals surface area contributed by atoms with Gasteiger partial charge in [-0.05, 0) is 12.1 Å². The molecule has 2 heterocycles. The van der Waals surface area contributed by atoms with Crippen LogP contribution >= 0.6 is 11.3 Å². The lowest BCUT2D eigenvalue weighted by Crippen LogP contribution is -2.19. The van der Waals surface area contributed by atoms with Crippen LogP contribution in [-0.2, 0) is 5.41 Å². The normalized spacial score (nSPS) is 12.4. The van der Waals surface area contributed by atoms with Crippen molar-refractivity contribution < 1.29 is 0 Å². The average molecular weight is 362 g/mol. The van der Waals surface area contributed by atoms with Gasteiger partial charge in [0.2, 0.25) is 0 Å². The summed E-state index contributed by atoms with van der Waals surface area (Å²) in [5.74, 6) is 2.75. The molecule has 0 aliphatic heterocycles. The second-order valence-corrected chi connectivity index (χ2v) is 9.14. The third kappa shape index (κ3) is 2.99. The lowest BCUT2D eigenvalue weighted by atomic mass is 9.95. The largest absolute Gasteiger partial charge is 0.217 e. The fourth-order valence-corrected chi connectivity index (χ4v) is 4.13. The molecule has 0 N–H and O–H groups in total. The third-order valence-electron chi connectivity index (χ3n) is 4.48. The molecule has 2 aromatic heterocycles. The summed E-state index contributed by atoms with van der Waals surface area (Å²) in [5.41, 5.74) is 0.946. The van der Waals surface area contributed by atoms with E-state index in [1.807, 2.05) is 11.3 Å². The molecule has 4 rings (SSSR count). The minimum atomic E-state index is -0.108. The van der Waals surface area contributed by atoms with Crippen molar-refractivity contribution in [1.29, 1.82) is 0 Å². The highest BCUT2D eigenvalue weighted by Crippen LogP contribution is 2.36. The monoisotopic (exact) mass is 361 g/mol. The highest BCUT2D eigenvalue weighted by molar-refractivity contribution is 7.25. The molecule has 0 aliphatic rings. The summed E-state index contributed by atoms with van der Waals surface area (Å²) in [6.45, 7) is 10.7. The predicted molar refractivity (Wildman–Crippen MR) is 111 cm³/mol. The second-order valence-electron chi connectivity index (χ2n) is 8.05. The van der Waals surface area contributed by atoms with E-state index in [1.54, 1.807) is 0 Å². The van der Waals surface area contributed by atoms with Gasteiger partial charge in [-0.25, -0.2) is 15.0 Å². The van der Waals surface area contributed by atoms with Crippen LogP contribution in [0.1, 0.15) is 52.2 Å². The number of hydrogen-bond donors (Lipinski definition) is 0. The SMILES string of the molecule is CC(C)c1nc(-c2ccc3c(c2)sc2ccccc23)nc(C(C)(C)C)n1. The van der Waals surface area contributed by atoms with E-state index in [0.29, 0.717) is 0 Å². The zero-order chi connectivity index (χ0) is 18.5. The van der Waals surface area contributed by atoms with Crippen molar-refractivity contribution in [2.45, 2.75) is 46.0 Å². The number of hydrogen-bond acceptors (Lipinski definition) is 4. The third-order valence-corrected chi connectivity index (χ3v) is 5.61. The molecule has 2 aromatic carbocycles. The fraction of sp³-hybridized carbons (Fsp3) is 0.318. The predicted octanol–water partition coefficient (Wildman–Crippen LogP) is 6.33. The number of benzene rings is 2. The van der Waals surface area contributed by atoms with E-state index < -0.39 is 0 Å². The van der Waals surface area contributed by atoms with Crippen LogP contribution in [0.15, 0.2) is 42.5 Å². The van der Waals surface area contributed by atoms with Crippen LogP contribution in [0.25, 0.3) is 31.6 Å². The minimum absolute atomic E-state index is 0.108. The van der Waals surface area contributed by atoms with Crippen LogP contribution in [0.4, 0.5) is 0 Å². The molecule has 0 radical (unpaired) electrons. The van der Waals surface area contributed by atoms with E-state index in [1.165, 1.54) is 20.2 Å². The Morgan fingerprint density at radius 3 is 2.31 bits per heavy atom. The lowest BCUT2D eigenvalue weighted by molar-refractivity contribution is 0.533. The van der Waals surface area contributed by atoms with Gasteiger partial charge in [0, 0.05) is 37.1 Å². The van der Waals surface area contributed by atoms with Gasteiger partial charge in [-0.2, -0.15) is 0 Å². The smallest absolute Gasteiger partial charge is 0.163 e. The Bertz CT molecular complexity index is 1100. The van der Waals surface area contributed by atoms with Crippen molar-refractivity contribution >= 4 is 31.5 Å². The molecular formula is C22H23N3S. The molecule has 4 heteroatoms. The zero-order valence-corrected chi connectivity index (χ0v) is 16.7. The molecule has 0 saturated carbocycles. The molecule has 26 heavy (non-hydrogen) atoms. The summed E-state index contributed by atoms with van der Waals surface area (Å²) in [6, 6.07) is 15.1. The maximum atomic E-state index is 4.80. The van der Waals surface area contributed by atoms with E-state index in [9.17, 15) is 0 Å². The van der Waals surface area contributed by atoms with Crippen molar-refractivity contribution in [3.63, 3.8) is 0 Å². The van der Waals surface area contributed by atoms with Gasteiger partial charge in [0.1, 0.15) is 11.6 Å². The molecule has 3 nitrogen and oxygen atoms in total. The zero-order valence-electron chi connectivity index (χ0n) is 15.9. The van der Waals surface area contributed by atoms with Crippen molar-refractivity contribution in [2.24, 2.45) is 0 Å². The molecule has 0 spiro atoms. The standard InChI is InChI=1S/C22H23N3S/c1-13(2)19-23-20(25-21(24-19)22(3,4)5)14-10-11-16-15-8-6-7-9-17(15)26-18(16)12-14/h6-13H,1-5H3. The van der Waals surface area contributed by atoms with Crippen molar-refractivity contribution in [3.05, 3.63) is 54.1 Å². The van der Waals surface area contributed by atoms with E-state index in [4.69, 9.17) is 15.0 Å². The van der Waals surface area contributed by atoms with Crippen molar-refractivity contribution in [3.8, 4) is 11.4 Å². The summed E-state index contributed by atoms with van der Waals surface area (Å²) in [4.78, 5) is 14.3. The average Bonchev–Trinajstić information content (AvgIpc) is 2.98. The molecule has 0 saturated heterocycles. The summed E-state index contributed by atoms with van der Waals surface area (Å²) in [6.07, 6.45) is 0. The van der Waals surface area contributed by atoms with Gasteiger partial charge >= 0.3 is 0 Å². The van der Waals surface area contributed by atoms with E-state index in [-0.39, 0.29) is 11.3 Å². The van der Waals surface area contributed by atoms with Gasteiger partial charge in [-0.3, -0.25) is 0 Å². The van der Waals surface area contributed by atoms with Gasteiger partial charge in [0.25, 0.3) is 0 Å². The summed E-state index contributed by atoms with van der Waals surface area (Å²) in [5, 5.41) is 2.61. The second kappa shape index (κ2) is 6.13. The molecule has 0 unspecified atom stereocenters. The maximum absolute atomic E-state index is 4.80. The molecule has 0 bridgehead atoms. The highest BCUT2D eigenvalue weighted by Gasteiger charge is 2.21. The highest BCUT2D eigenvalue weighted by atomic mass is 32.1. The van der Waals surface area contributed by atoms with Gasteiger partial charge in [0.15, 0.2) is 5.82 Å². The first-order valence-electron chi connectivity index (χ1n) is 9.01. The van der Waals surface area contributed by atoms with E-state index in [0.717, 1.165) is 23.0 Å². The van der Waals surface area contributed by atoms with E-state index >= 15 is 0 Å². The Morgan fingerprint density at radius 2 is 1.58 bits per heavy atom. The molecule has 0 atom stereocenters. The molecule has 0 amide bonds. The first-order chi connectivity index (χ1) is 12.3. The first kappa shape index (κ1) is 17.1. The Hall–Kier alpha value is -2.33. The number of thiophene rings is 1. The molecular weight excluding hydrogens is 338 g/mol. The number of nitrogens with zero attached hydrogens (tertiary/aromatic N) is 3. The maximum Gasteiger partial charge on any atom is 0.163 e. The topological polar surface area (TPSA) is 38.7 Å². The van der Waals surface area contributed by atoms with E-state index in [2.05, 4.69) is 77.1 Å². The van der Waals surface area contributed by atoms with Gasteiger partial charge in [-0.1, -0.05) is 65.0 Å². The van der Waals surface area contributed by atoms with Crippen LogP contribution in [0.2, 0.25) is 0 Å². The minimum Gasteiger partial charge on any atom is -0.217 e. The number of fused-ring (bicyclic) bond motifs is 3. The van der Waals surface area contributed by atoms with Gasteiger partial charge < -0.3 is 0 Å². The Morgan fingerprint density at radius 1 is 0.846 bits per heavy atom. The summed E-state index contributed by atoms with van der Waals surface area (Å²) >= 11 is 1.82. The molecule has 0 aliphatic carbocycles. The molecule has 0 fully saturated rings. The van der Waals surface area contributed by atoms with Crippen molar-refractivity contribution in [2.75, 3.05) is 0 Å².